The van der Waals surface area contributed by atoms with Crippen LogP contribution in [0.15, 0.2) is 23.8 Å². The molecule has 0 aliphatic heterocycles. The van der Waals surface area contributed by atoms with Gasteiger partial charge in [0.15, 0.2) is 0 Å². The highest BCUT2D eigenvalue weighted by Gasteiger charge is 2.17. The summed E-state index contributed by atoms with van der Waals surface area (Å²) in [6.45, 7) is 2.22. The third-order valence-corrected chi connectivity index (χ3v) is 4.67. The smallest absolute Gasteiger partial charge is 0.0362 e. The van der Waals surface area contributed by atoms with Crippen LogP contribution in [-0.4, -0.2) is 0 Å². The summed E-state index contributed by atoms with van der Waals surface area (Å²) in [6, 6.07) is 6.57. The van der Waals surface area contributed by atoms with Gasteiger partial charge in [-0.25, -0.2) is 0 Å². The molecule has 1 heterocycles. The maximum absolute atomic E-state index is 2.44. The van der Waals surface area contributed by atoms with E-state index in [1.807, 2.05) is 11.3 Å². The predicted molar refractivity (Wildman–Crippen MR) is 71.9 cm³/mol. The minimum absolute atomic E-state index is 1.15. The lowest BCUT2D eigenvalue weighted by Crippen LogP contribution is -1.81. The Kier molecular flexibility index (Phi) is 1.96. The zero-order valence-corrected chi connectivity index (χ0v) is 10.8. The molecule has 3 rings (SSSR count). The molecule has 70 valence electrons. The molecule has 0 unspecified atom stereocenters. The summed E-state index contributed by atoms with van der Waals surface area (Å²) in [6.07, 6.45) is 3.48. The Hall–Kier alpha value is -0.350. The van der Waals surface area contributed by atoms with Gasteiger partial charge in [-0.15, -0.1) is 11.3 Å². The molecule has 1 aliphatic rings. The van der Waals surface area contributed by atoms with Crippen molar-refractivity contribution in [2.75, 3.05) is 0 Å². The van der Waals surface area contributed by atoms with Gasteiger partial charge in [0.1, 0.15) is 0 Å². The van der Waals surface area contributed by atoms with Gasteiger partial charge in [-0.05, 0) is 59.7 Å². The van der Waals surface area contributed by atoms with E-state index in [9.17, 15) is 0 Å². The van der Waals surface area contributed by atoms with Crippen molar-refractivity contribution in [1.82, 2.24) is 0 Å². The van der Waals surface area contributed by atoms with E-state index in [0.29, 0.717) is 0 Å². The summed E-state index contributed by atoms with van der Waals surface area (Å²) >= 11 is 4.36. The van der Waals surface area contributed by atoms with Crippen LogP contribution in [0.1, 0.15) is 17.4 Å². The number of halogens is 1. The maximum atomic E-state index is 2.44. The van der Waals surface area contributed by atoms with Crippen molar-refractivity contribution in [2.45, 2.75) is 13.3 Å². The highest BCUT2D eigenvalue weighted by Crippen LogP contribution is 2.40. The average molecular weight is 312 g/mol. The molecule has 0 atom stereocenters. The Bertz CT molecular complexity index is 549. The molecule has 2 heteroatoms. The van der Waals surface area contributed by atoms with Crippen molar-refractivity contribution in [3.8, 4) is 0 Å². The topological polar surface area (TPSA) is 0 Å². The lowest BCUT2D eigenvalue weighted by Gasteiger charge is -1.97. The Morgan fingerprint density at radius 1 is 1.36 bits per heavy atom. The second-order valence-electron chi connectivity index (χ2n) is 3.73. The molecule has 0 saturated heterocycles. The zero-order chi connectivity index (χ0) is 9.71. The van der Waals surface area contributed by atoms with E-state index in [-0.39, 0.29) is 0 Å². The van der Waals surface area contributed by atoms with Crippen LogP contribution in [0.2, 0.25) is 0 Å². The van der Waals surface area contributed by atoms with E-state index < -0.39 is 0 Å². The van der Waals surface area contributed by atoms with Crippen molar-refractivity contribution in [2.24, 2.45) is 0 Å². The summed E-state index contributed by atoms with van der Waals surface area (Å²) in [5.74, 6) is 0. The summed E-state index contributed by atoms with van der Waals surface area (Å²) in [5, 5.41) is 1.49. The summed E-state index contributed by atoms with van der Waals surface area (Å²) in [7, 11) is 0. The van der Waals surface area contributed by atoms with Gasteiger partial charge in [-0.2, -0.15) is 0 Å². The molecule has 0 amide bonds. The van der Waals surface area contributed by atoms with Crippen LogP contribution < -0.4 is 0 Å². The van der Waals surface area contributed by atoms with Gasteiger partial charge >= 0.3 is 0 Å². The molecular formula is C12H9IS. The van der Waals surface area contributed by atoms with Crippen molar-refractivity contribution in [3.05, 3.63) is 37.8 Å². The van der Waals surface area contributed by atoms with Crippen molar-refractivity contribution in [3.63, 3.8) is 0 Å². The third kappa shape index (κ3) is 1.17. The second-order valence-corrected chi connectivity index (χ2v) is 5.97. The van der Waals surface area contributed by atoms with Crippen molar-refractivity contribution >= 4 is 50.1 Å². The zero-order valence-electron chi connectivity index (χ0n) is 7.80. The van der Waals surface area contributed by atoms with Crippen LogP contribution in [0.4, 0.5) is 0 Å². The van der Waals surface area contributed by atoms with Crippen LogP contribution >= 0.6 is 33.9 Å². The molecule has 1 aromatic heterocycles. The Balaban J connectivity index is 2.42. The largest absolute Gasteiger partial charge is 0.135 e. The van der Waals surface area contributed by atoms with E-state index in [0.717, 1.165) is 6.42 Å². The van der Waals surface area contributed by atoms with Crippen LogP contribution in [0.25, 0.3) is 16.2 Å². The van der Waals surface area contributed by atoms with Crippen LogP contribution in [0, 0.1) is 3.57 Å². The first-order valence-electron chi connectivity index (χ1n) is 4.63. The molecule has 0 fully saturated rings. The first-order valence-corrected chi connectivity index (χ1v) is 6.52. The maximum Gasteiger partial charge on any atom is 0.0362 e. The monoisotopic (exact) mass is 312 g/mol. The molecule has 0 bridgehead atoms. The Labute approximate surface area is 101 Å². The lowest BCUT2D eigenvalue weighted by atomic mass is 10.1. The highest BCUT2D eigenvalue weighted by atomic mass is 127. The number of thiophene rings is 1. The van der Waals surface area contributed by atoms with Crippen LogP contribution in [0.5, 0.6) is 0 Å². The number of benzene rings is 1. The van der Waals surface area contributed by atoms with Gasteiger partial charge in [-0.1, -0.05) is 11.6 Å². The number of fused-ring (bicyclic) bond motifs is 3. The summed E-state index contributed by atoms with van der Waals surface area (Å²) in [4.78, 5) is 1.47. The van der Waals surface area contributed by atoms with Gasteiger partial charge in [0.25, 0.3) is 0 Å². The average Bonchev–Trinajstić information content (AvgIpc) is 2.60. The number of hydrogen-bond acceptors (Lipinski definition) is 1. The van der Waals surface area contributed by atoms with Crippen LogP contribution in [0.3, 0.4) is 0 Å². The highest BCUT2D eigenvalue weighted by molar-refractivity contribution is 14.1. The minimum atomic E-state index is 1.15. The Morgan fingerprint density at radius 3 is 3.07 bits per heavy atom. The predicted octanol–water partition coefficient (Wildman–Crippen LogP) is 4.47. The summed E-state index contributed by atoms with van der Waals surface area (Å²) < 4.78 is 2.83. The van der Waals surface area contributed by atoms with E-state index in [2.05, 4.69) is 53.8 Å². The fourth-order valence-electron chi connectivity index (χ4n) is 2.03. The van der Waals surface area contributed by atoms with E-state index >= 15 is 0 Å². The lowest BCUT2D eigenvalue weighted by molar-refractivity contribution is 1.22. The van der Waals surface area contributed by atoms with Gasteiger partial charge in [0.05, 0.1) is 0 Å². The first-order chi connectivity index (χ1) is 6.75. The normalized spacial score (nSPS) is 14.6. The first kappa shape index (κ1) is 8.92. The molecule has 0 radical (unpaired) electrons. The van der Waals surface area contributed by atoms with Crippen molar-refractivity contribution < 1.29 is 0 Å². The van der Waals surface area contributed by atoms with Gasteiger partial charge in [0, 0.05) is 18.5 Å². The second kappa shape index (κ2) is 3.07. The fourth-order valence-corrected chi connectivity index (χ4v) is 4.31. The molecular weight excluding hydrogens is 303 g/mol. The molecule has 0 saturated carbocycles. The molecule has 1 aromatic carbocycles. The number of allylic oxidation sites excluding steroid dienone is 1. The van der Waals surface area contributed by atoms with Crippen LogP contribution in [-0.2, 0) is 6.42 Å². The molecule has 0 N–H and O–H groups in total. The Morgan fingerprint density at radius 2 is 2.21 bits per heavy atom. The van der Waals surface area contributed by atoms with Crippen molar-refractivity contribution in [1.29, 1.82) is 0 Å². The SMILES string of the molecule is CC1=Cc2sc3cccc(I)c3c2C1. The fraction of sp³-hybridized carbons (Fsp3) is 0.167. The number of rotatable bonds is 0. The number of hydrogen-bond donors (Lipinski definition) is 0. The minimum Gasteiger partial charge on any atom is -0.135 e. The molecule has 1 aliphatic carbocycles. The molecule has 14 heavy (non-hydrogen) atoms. The van der Waals surface area contributed by atoms with E-state index in [1.165, 1.54) is 24.1 Å². The van der Waals surface area contributed by atoms with E-state index in [4.69, 9.17) is 0 Å². The van der Waals surface area contributed by atoms with Gasteiger partial charge in [0.2, 0.25) is 0 Å². The van der Waals surface area contributed by atoms with E-state index in [1.54, 1.807) is 5.56 Å². The molecule has 0 spiro atoms. The standard InChI is InChI=1S/C12H9IS/c1-7-5-8-11(6-7)14-10-4-2-3-9(13)12(8)10/h2-4,6H,5H2,1H3. The van der Waals surface area contributed by atoms with Gasteiger partial charge < -0.3 is 0 Å². The third-order valence-electron chi connectivity index (χ3n) is 2.63. The molecule has 0 nitrogen and oxygen atoms in total. The van der Waals surface area contributed by atoms with Gasteiger partial charge in [-0.3, -0.25) is 0 Å². The quantitative estimate of drug-likeness (QED) is 0.630. The molecule has 2 aromatic rings. The summed E-state index contributed by atoms with van der Waals surface area (Å²) in [5.41, 5.74) is 3.04.